The number of carboxylic acid groups (broad SMARTS) is 2. The number of nitrogens with zero attached hydrogens (tertiary/aromatic N) is 11. The van der Waals surface area contributed by atoms with E-state index >= 15 is 0 Å². The van der Waals surface area contributed by atoms with E-state index in [2.05, 4.69) is 46.8 Å². The van der Waals surface area contributed by atoms with E-state index in [0.717, 1.165) is 6.07 Å². The van der Waals surface area contributed by atoms with Gasteiger partial charge in [-0.15, -0.1) is 34.0 Å². The van der Waals surface area contributed by atoms with Crippen LogP contribution in [0.2, 0.25) is 10.0 Å². The van der Waals surface area contributed by atoms with Gasteiger partial charge in [0.1, 0.15) is 54.1 Å². The molecular formula is C72H79BrCl2F6N14O11S3. The van der Waals surface area contributed by atoms with E-state index in [9.17, 15) is 55.4 Å². The number of benzene rings is 3. The number of rotatable bonds is 26. The molecule has 0 saturated carbocycles. The number of carboxylic acids is 2. The van der Waals surface area contributed by atoms with E-state index in [1.165, 1.54) is 76.5 Å². The number of alkyl halides is 3. The Kier molecular flexibility index (Phi) is 29.6. The van der Waals surface area contributed by atoms with Crippen molar-refractivity contribution >= 4 is 120 Å². The molecule has 12 rings (SSSR count). The molecule has 9 atom stereocenters. The summed E-state index contributed by atoms with van der Waals surface area (Å²) in [7, 11) is 3.29. The van der Waals surface area contributed by atoms with Crippen LogP contribution in [-0.2, 0) is 38.2 Å². The van der Waals surface area contributed by atoms with Crippen LogP contribution in [0.3, 0.4) is 0 Å². The summed E-state index contributed by atoms with van der Waals surface area (Å²) in [5, 5.41) is 44.8. The standard InChI is InChI=1S/C25H28BrF2N5O4S.C25H28ClF2N5O4S.C22H23ClF2N4O3S/c2*1-3-37-25(36)21-19(12-33-10-14(18(28)11-33)9-32(2)13-20(34)35)30-23(24-29-6-7-38-24)31-22(21)16-5-4-15(27)8-17(16)26;1-2-32-22(31)18-16(11-29-7-5-17(30)15(25)10-29)27-20(21-26-6-8-33-21)28-19(18)13-4-3-12(24)9-14(13)23/h2*4-8,14,18,22H,3,9-13H2,1-2H3,(H,30,31)(H,34,35);3-4,6,8-9,15,17,19,30H,2,5,7,10-11H2,1H3,(H,27,28)/t2*14?,18?,22-;15?,17?,19-/m000/s1. The van der Waals surface area contributed by atoms with Crippen LogP contribution in [0.25, 0.3) is 0 Å². The molecule has 25 nitrogen and oxygen atoms in total. The van der Waals surface area contributed by atoms with Crippen molar-refractivity contribution in [1.82, 2.24) is 55.4 Å². The molecule has 3 aromatic carbocycles. The van der Waals surface area contributed by atoms with E-state index in [1.807, 2.05) is 14.7 Å². The number of aromatic nitrogens is 3. The number of hydrogen-bond acceptors (Lipinski definition) is 26. The van der Waals surface area contributed by atoms with Gasteiger partial charge in [0, 0.05) is 161 Å². The van der Waals surface area contributed by atoms with Crippen molar-refractivity contribution < 1.29 is 79.8 Å². The molecule has 0 radical (unpaired) electrons. The molecule has 0 bridgehead atoms. The average molecular weight is 1680 g/mol. The van der Waals surface area contributed by atoms with Crippen LogP contribution < -0.4 is 16.0 Å². The Morgan fingerprint density at radius 1 is 0.541 bits per heavy atom. The Balaban J connectivity index is 0.000000175. The Morgan fingerprint density at radius 3 is 1.22 bits per heavy atom. The average Bonchev–Trinajstić information content (AvgIpc) is 1.32. The molecular weight excluding hydrogens is 1600 g/mol. The lowest BCUT2D eigenvalue weighted by Crippen LogP contribution is -2.47. The number of piperidine rings is 1. The monoisotopic (exact) mass is 1670 g/mol. The predicted octanol–water partition coefficient (Wildman–Crippen LogP) is 9.62. The number of carbonyl (C=O) groups excluding carboxylic acids is 3. The van der Waals surface area contributed by atoms with E-state index in [1.54, 1.807) is 85.5 Å². The Morgan fingerprint density at radius 2 is 0.890 bits per heavy atom. The maximum atomic E-state index is 15.0. The molecule has 584 valence electrons. The fourth-order valence-corrected chi connectivity index (χ4v) is 16.2. The van der Waals surface area contributed by atoms with Crippen LogP contribution in [0.5, 0.6) is 0 Å². The van der Waals surface area contributed by atoms with Crippen molar-refractivity contribution in [1.29, 1.82) is 0 Å². The smallest absolute Gasteiger partial charge is 0.338 e. The maximum Gasteiger partial charge on any atom is 0.338 e. The Labute approximate surface area is 654 Å². The number of amidine groups is 3. The number of ether oxygens (including phenoxy) is 3. The second-order valence-corrected chi connectivity index (χ2v) is 30.4. The zero-order valence-corrected chi connectivity index (χ0v) is 65.1. The second kappa shape index (κ2) is 38.7. The van der Waals surface area contributed by atoms with Crippen molar-refractivity contribution in [2.45, 2.75) is 69.9 Å². The molecule has 3 saturated heterocycles. The third-order valence-electron chi connectivity index (χ3n) is 18.1. The molecule has 0 spiro atoms. The van der Waals surface area contributed by atoms with E-state index in [0.29, 0.717) is 90.4 Å². The highest BCUT2D eigenvalue weighted by atomic mass is 79.9. The van der Waals surface area contributed by atoms with Gasteiger partial charge in [-0.1, -0.05) is 57.3 Å². The lowest BCUT2D eigenvalue weighted by Gasteiger charge is -2.35. The molecule has 0 amide bonds. The Bertz CT molecular complexity index is 4250. The third kappa shape index (κ3) is 21.7. The minimum Gasteiger partial charge on any atom is -0.480 e. The predicted molar refractivity (Wildman–Crippen MR) is 403 cm³/mol. The first-order valence-electron chi connectivity index (χ1n) is 34.6. The molecule has 37 heteroatoms. The zero-order valence-electron chi connectivity index (χ0n) is 59.5. The summed E-state index contributed by atoms with van der Waals surface area (Å²) in [5.41, 5.74) is 3.52. The molecule has 6 aliphatic rings. The summed E-state index contributed by atoms with van der Waals surface area (Å²) in [6.07, 6.45) is 0.467. The van der Waals surface area contributed by atoms with Crippen molar-refractivity contribution in [2.24, 2.45) is 26.8 Å². The number of hydrogen-bond donors (Lipinski definition) is 6. The third-order valence-corrected chi connectivity index (χ3v) is 21.7. The first-order chi connectivity index (χ1) is 52.2. The highest BCUT2D eigenvalue weighted by Crippen LogP contribution is 2.41. The number of aliphatic hydroxyl groups is 1. The van der Waals surface area contributed by atoms with Crippen molar-refractivity contribution in [3.63, 3.8) is 0 Å². The highest BCUT2D eigenvalue weighted by molar-refractivity contribution is 9.10. The van der Waals surface area contributed by atoms with Crippen LogP contribution in [0.15, 0.2) is 143 Å². The van der Waals surface area contributed by atoms with Crippen LogP contribution in [0.4, 0.5) is 26.3 Å². The molecule has 6 aliphatic heterocycles. The number of esters is 3. The van der Waals surface area contributed by atoms with Gasteiger partial charge in [-0.3, -0.25) is 49.1 Å². The summed E-state index contributed by atoms with van der Waals surface area (Å²) in [4.78, 5) is 97.5. The van der Waals surface area contributed by atoms with Gasteiger partial charge in [0.25, 0.3) is 0 Å². The fourth-order valence-electron chi connectivity index (χ4n) is 13.3. The minimum absolute atomic E-state index is 0.0220. The lowest BCUT2D eigenvalue weighted by atomic mass is 9.94. The number of aliphatic imine (C=N–C) groups is 3. The summed E-state index contributed by atoms with van der Waals surface area (Å²) in [6.45, 7) is 7.72. The number of aliphatic carboxylic acids is 2. The number of likely N-dealkylation sites (N-methyl/N-ethyl adjacent to an activating group) is 2. The number of thiazole rings is 3. The topological polar surface area (TPSA) is 302 Å². The largest absolute Gasteiger partial charge is 0.480 e. The van der Waals surface area contributed by atoms with Crippen LogP contribution >= 0.6 is 73.1 Å². The second-order valence-electron chi connectivity index (χ2n) is 26.1. The maximum absolute atomic E-state index is 15.0. The summed E-state index contributed by atoms with van der Waals surface area (Å²) >= 11 is 20.2. The minimum atomic E-state index is -1.39. The molecule has 6 aromatic rings. The molecule has 3 fully saturated rings. The number of aliphatic hydroxyl groups excluding tert-OH is 1. The normalized spacial score (nSPS) is 22.5. The number of carbonyl (C=O) groups is 5. The highest BCUT2D eigenvalue weighted by Gasteiger charge is 2.42. The van der Waals surface area contributed by atoms with Crippen LogP contribution in [0.1, 0.15) is 77.0 Å². The van der Waals surface area contributed by atoms with Crippen molar-refractivity contribution in [3.05, 3.63) is 187 Å². The number of nitrogens with one attached hydrogen (secondary N) is 3. The summed E-state index contributed by atoms with van der Waals surface area (Å²) < 4.78 is 102. The summed E-state index contributed by atoms with van der Waals surface area (Å²) in [6, 6.07) is 9.38. The zero-order chi connectivity index (χ0) is 78.3. The number of halogens is 9. The molecule has 6 N–H and O–H groups in total. The fraction of sp³-hybridized carbons (Fsp3) is 0.431. The lowest BCUT2D eigenvalue weighted by molar-refractivity contribution is -0.139. The van der Waals surface area contributed by atoms with Gasteiger partial charge in [0.15, 0.2) is 32.5 Å². The van der Waals surface area contributed by atoms with Gasteiger partial charge in [0.05, 0.1) is 55.7 Å². The van der Waals surface area contributed by atoms with E-state index < -0.39 is 96.0 Å². The van der Waals surface area contributed by atoms with E-state index in [-0.39, 0.29) is 124 Å². The van der Waals surface area contributed by atoms with Crippen molar-refractivity contribution in [2.75, 3.05) is 119 Å². The SMILES string of the molecule is CCOC(=O)C1=C(CN2CC(F)C(CN(C)CC(=O)O)C2)NC(c2nccs2)=N[C@H]1c1ccc(F)cc1Br.CCOC(=O)C1=C(CN2CC(F)C(CN(C)CC(=O)O)C2)NC(c2nccs2)=N[C@H]1c1ccc(F)cc1Cl.CCOC(=O)C1=C(CN2CCC(O)C(F)C2)NC(c2nccs2)=N[C@H]1c1ccc(F)cc1Cl. The van der Waals surface area contributed by atoms with Gasteiger partial charge in [0.2, 0.25) is 0 Å². The van der Waals surface area contributed by atoms with Gasteiger partial charge in [-0.05, 0) is 83.2 Å². The molecule has 109 heavy (non-hydrogen) atoms. The van der Waals surface area contributed by atoms with Gasteiger partial charge < -0.3 is 45.5 Å². The first kappa shape index (κ1) is 83.4. The molecule has 9 heterocycles. The van der Waals surface area contributed by atoms with Crippen LogP contribution in [-0.4, -0.2) is 246 Å². The van der Waals surface area contributed by atoms with Gasteiger partial charge in [-0.2, -0.15) is 0 Å². The number of likely N-dealkylation sites (tertiary alicyclic amines) is 3. The molecule has 3 aromatic heterocycles. The molecule has 6 unspecified atom stereocenters. The van der Waals surface area contributed by atoms with E-state index in [4.69, 9.17) is 62.6 Å². The van der Waals surface area contributed by atoms with Crippen LogP contribution in [0, 0.1) is 29.3 Å². The summed E-state index contributed by atoms with van der Waals surface area (Å²) in [5.74, 6) is -4.73. The van der Waals surface area contributed by atoms with Gasteiger partial charge >= 0.3 is 29.8 Å². The quantitative estimate of drug-likeness (QED) is 0.0167. The Hall–Kier alpha value is -8.07. The van der Waals surface area contributed by atoms with Crippen molar-refractivity contribution in [3.8, 4) is 0 Å². The molecule has 0 aliphatic carbocycles. The first-order valence-corrected chi connectivity index (χ1v) is 38.7. The van der Waals surface area contributed by atoms with Gasteiger partial charge in [-0.25, -0.2) is 55.7 Å².